The van der Waals surface area contributed by atoms with Crippen LogP contribution in [0.1, 0.15) is 30.4 Å². The molecular weight excluding hydrogens is 178 g/mol. The number of aryl methyl sites for hydroxylation is 1. The molecule has 0 radical (unpaired) electrons. The largest absolute Gasteiger partial charge is 0.481 e. The predicted octanol–water partition coefficient (Wildman–Crippen LogP) is 2.16. The Balaban J connectivity index is 2.90. The quantitative estimate of drug-likeness (QED) is 0.723. The van der Waals surface area contributed by atoms with E-state index in [4.69, 9.17) is 10.8 Å². The summed E-state index contributed by atoms with van der Waals surface area (Å²) in [5, 5.41) is 8.65. The van der Waals surface area contributed by atoms with E-state index in [2.05, 4.69) is 0 Å². The van der Waals surface area contributed by atoms with E-state index < -0.39 is 5.97 Å². The van der Waals surface area contributed by atoms with Gasteiger partial charge in [-0.15, -0.1) is 0 Å². The standard InChI is InChI=1S/C11H15NO2/c1-7-3-4-9(10(12)5-7)8(2)6-11(13)14/h3-5,8H,6,12H2,1-2H3,(H,13,14). The van der Waals surface area contributed by atoms with E-state index >= 15 is 0 Å². The third kappa shape index (κ3) is 2.49. The van der Waals surface area contributed by atoms with Crippen LogP contribution >= 0.6 is 0 Å². The lowest BCUT2D eigenvalue weighted by Crippen LogP contribution is -2.05. The zero-order valence-corrected chi connectivity index (χ0v) is 8.45. The Morgan fingerprint density at radius 2 is 2.21 bits per heavy atom. The molecule has 76 valence electrons. The van der Waals surface area contributed by atoms with Gasteiger partial charge < -0.3 is 10.8 Å². The number of nitrogens with two attached hydrogens (primary N) is 1. The van der Waals surface area contributed by atoms with E-state index in [1.54, 1.807) is 0 Å². The summed E-state index contributed by atoms with van der Waals surface area (Å²) in [6.45, 7) is 3.83. The van der Waals surface area contributed by atoms with E-state index in [0.29, 0.717) is 5.69 Å². The van der Waals surface area contributed by atoms with Crippen molar-refractivity contribution in [2.24, 2.45) is 0 Å². The van der Waals surface area contributed by atoms with Crippen LogP contribution in [0.4, 0.5) is 5.69 Å². The lowest BCUT2D eigenvalue weighted by atomic mass is 9.95. The van der Waals surface area contributed by atoms with E-state index in [-0.39, 0.29) is 12.3 Å². The van der Waals surface area contributed by atoms with Crippen molar-refractivity contribution in [2.45, 2.75) is 26.2 Å². The molecule has 0 aromatic heterocycles. The van der Waals surface area contributed by atoms with E-state index in [1.807, 2.05) is 32.0 Å². The van der Waals surface area contributed by atoms with Gasteiger partial charge in [0.25, 0.3) is 0 Å². The van der Waals surface area contributed by atoms with Gasteiger partial charge in [0.05, 0.1) is 6.42 Å². The molecule has 0 aliphatic heterocycles. The molecule has 3 N–H and O–H groups in total. The smallest absolute Gasteiger partial charge is 0.303 e. The van der Waals surface area contributed by atoms with Gasteiger partial charge in [-0.1, -0.05) is 19.1 Å². The first-order chi connectivity index (χ1) is 6.50. The second kappa shape index (κ2) is 4.13. The van der Waals surface area contributed by atoms with Gasteiger partial charge in [0.1, 0.15) is 0 Å². The van der Waals surface area contributed by atoms with E-state index in [0.717, 1.165) is 11.1 Å². The van der Waals surface area contributed by atoms with Crippen molar-refractivity contribution >= 4 is 11.7 Å². The summed E-state index contributed by atoms with van der Waals surface area (Å²) in [6.07, 6.45) is 0.118. The van der Waals surface area contributed by atoms with Crippen molar-refractivity contribution in [3.63, 3.8) is 0 Å². The van der Waals surface area contributed by atoms with Crippen LogP contribution in [-0.2, 0) is 4.79 Å². The highest BCUT2D eigenvalue weighted by molar-refractivity contribution is 5.68. The number of benzene rings is 1. The highest BCUT2D eigenvalue weighted by Crippen LogP contribution is 2.25. The first-order valence-electron chi connectivity index (χ1n) is 4.58. The minimum Gasteiger partial charge on any atom is -0.481 e. The lowest BCUT2D eigenvalue weighted by molar-refractivity contribution is -0.137. The number of nitrogen functional groups attached to an aromatic ring is 1. The molecule has 0 heterocycles. The minimum absolute atomic E-state index is 0.0342. The predicted molar refractivity (Wildman–Crippen MR) is 56.3 cm³/mol. The van der Waals surface area contributed by atoms with E-state index in [1.165, 1.54) is 0 Å². The summed E-state index contributed by atoms with van der Waals surface area (Å²) in [5.74, 6) is -0.828. The maximum absolute atomic E-state index is 10.5. The van der Waals surface area contributed by atoms with Crippen molar-refractivity contribution in [3.05, 3.63) is 29.3 Å². The molecule has 3 nitrogen and oxygen atoms in total. The summed E-state index contributed by atoms with van der Waals surface area (Å²) < 4.78 is 0. The van der Waals surface area contributed by atoms with Gasteiger partial charge in [0.15, 0.2) is 0 Å². The fourth-order valence-corrected chi connectivity index (χ4v) is 1.51. The van der Waals surface area contributed by atoms with Crippen LogP contribution in [0.2, 0.25) is 0 Å². The third-order valence-corrected chi connectivity index (χ3v) is 2.25. The Hall–Kier alpha value is -1.51. The molecule has 1 unspecified atom stereocenters. The van der Waals surface area contributed by atoms with Gasteiger partial charge in [-0.05, 0) is 30.0 Å². The Kier molecular flexibility index (Phi) is 3.12. The van der Waals surface area contributed by atoms with Crippen LogP contribution in [-0.4, -0.2) is 11.1 Å². The van der Waals surface area contributed by atoms with E-state index in [9.17, 15) is 4.79 Å². The lowest BCUT2D eigenvalue weighted by Gasteiger charge is -2.12. The highest BCUT2D eigenvalue weighted by atomic mass is 16.4. The Labute approximate surface area is 83.6 Å². The molecule has 0 saturated carbocycles. The Bertz CT molecular complexity index is 347. The molecule has 0 saturated heterocycles. The van der Waals surface area contributed by atoms with Gasteiger partial charge in [-0.25, -0.2) is 0 Å². The second-order valence-corrected chi connectivity index (χ2v) is 3.63. The third-order valence-electron chi connectivity index (χ3n) is 2.25. The van der Waals surface area contributed by atoms with Crippen LogP contribution < -0.4 is 5.73 Å². The van der Waals surface area contributed by atoms with Crippen LogP contribution in [0.3, 0.4) is 0 Å². The zero-order chi connectivity index (χ0) is 10.7. The average molecular weight is 193 g/mol. The maximum Gasteiger partial charge on any atom is 0.303 e. The molecule has 1 atom stereocenters. The number of rotatable bonds is 3. The van der Waals surface area contributed by atoms with Gasteiger partial charge in [0.2, 0.25) is 0 Å². The Morgan fingerprint density at radius 3 is 2.71 bits per heavy atom. The monoisotopic (exact) mass is 193 g/mol. The van der Waals surface area contributed by atoms with Gasteiger partial charge in [0, 0.05) is 5.69 Å². The molecule has 1 rings (SSSR count). The number of carboxylic acids is 1. The molecule has 0 aliphatic rings. The number of anilines is 1. The first kappa shape index (κ1) is 10.6. The van der Waals surface area contributed by atoms with Gasteiger partial charge >= 0.3 is 5.97 Å². The molecule has 3 heteroatoms. The summed E-state index contributed by atoms with van der Waals surface area (Å²) in [4.78, 5) is 10.5. The van der Waals surface area contributed by atoms with Crippen LogP contribution in [0, 0.1) is 6.92 Å². The minimum atomic E-state index is -0.794. The molecule has 0 aliphatic carbocycles. The molecule has 0 fully saturated rings. The number of carboxylic acid groups (broad SMARTS) is 1. The topological polar surface area (TPSA) is 63.3 Å². The summed E-state index contributed by atoms with van der Waals surface area (Å²) >= 11 is 0. The second-order valence-electron chi connectivity index (χ2n) is 3.63. The summed E-state index contributed by atoms with van der Waals surface area (Å²) in [5.41, 5.74) is 8.49. The number of hydrogen-bond donors (Lipinski definition) is 2. The fourth-order valence-electron chi connectivity index (χ4n) is 1.51. The summed E-state index contributed by atoms with van der Waals surface area (Å²) in [7, 11) is 0. The average Bonchev–Trinajstić information content (AvgIpc) is 2.01. The number of aliphatic carboxylic acids is 1. The van der Waals surface area contributed by atoms with Crippen LogP contribution in [0.25, 0.3) is 0 Å². The summed E-state index contributed by atoms with van der Waals surface area (Å²) in [6, 6.07) is 5.72. The first-order valence-corrected chi connectivity index (χ1v) is 4.58. The highest BCUT2D eigenvalue weighted by Gasteiger charge is 2.12. The van der Waals surface area contributed by atoms with Crippen molar-refractivity contribution in [1.29, 1.82) is 0 Å². The molecule has 0 bridgehead atoms. The van der Waals surface area contributed by atoms with Gasteiger partial charge in [-0.3, -0.25) is 4.79 Å². The Morgan fingerprint density at radius 1 is 1.57 bits per heavy atom. The molecular formula is C11H15NO2. The molecule has 14 heavy (non-hydrogen) atoms. The van der Waals surface area contributed by atoms with Gasteiger partial charge in [-0.2, -0.15) is 0 Å². The normalized spacial score (nSPS) is 12.4. The van der Waals surface area contributed by atoms with Crippen LogP contribution in [0.15, 0.2) is 18.2 Å². The van der Waals surface area contributed by atoms with Crippen molar-refractivity contribution < 1.29 is 9.90 Å². The SMILES string of the molecule is Cc1ccc(C(C)CC(=O)O)c(N)c1. The fraction of sp³-hybridized carbons (Fsp3) is 0.364. The maximum atomic E-state index is 10.5. The number of carbonyl (C=O) groups is 1. The van der Waals surface area contributed by atoms with Crippen LogP contribution in [0.5, 0.6) is 0 Å². The van der Waals surface area contributed by atoms with Crippen molar-refractivity contribution in [1.82, 2.24) is 0 Å². The molecule has 0 amide bonds. The zero-order valence-electron chi connectivity index (χ0n) is 8.45. The molecule has 0 spiro atoms. The molecule has 1 aromatic rings. The van der Waals surface area contributed by atoms with Crippen molar-refractivity contribution in [3.8, 4) is 0 Å². The number of hydrogen-bond acceptors (Lipinski definition) is 2. The molecule has 1 aromatic carbocycles. The van der Waals surface area contributed by atoms with Crippen molar-refractivity contribution in [2.75, 3.05) is 5.73 Å².